The molecule has 0 atom stereocenters. The van der Waals surface area contributed by atoms with Crippen molar-refractivity contribution in [3.8, 4) is 0 Å². The van der Waals surface area contributed by atoms with Crippen LogP contribution in [-0.2, 0) is 6.54 Å². The van der Waals surface area contributed by atoms with Gasteiger partial charge in [-0.1, -0.05) is 6.07 Å². The van der Waals surface area contributed by atoms with E-state index in [2.05, 4.69) is 20.5 Å². The summed E-state index contributed by atoms with van der Waals surface area (Å²) >= 11 is 0. The van der Waals surface area contributed by atoms with E-state index in [-0.39, 0.29) is 0 Å². The summed E-state index contributed by atoms with van der Waals surface area (Å²) in [7, 11) is 0. The molecule has 3 aromatic heterocycles. The smallest absolute Gasteiger partial charge is 0.247 e. The molecule has 1 N–H and O–H groups in total. The lowest BCUT2D eigenvalue weighted by atomic mass is 10.4. The van der Waals surface area contributed by atoms with Crippen LogP contribution >= 0.6 is 0 Å². The number of fused-ring (bicyclic) bond motifs is 1. The Hall–Kier alpha value is -2.37. The van der Waals surface area contributed by atoms with Gasteiger partial charge in [-0.3, -0.25) is 4.68 Å². The van der Waals surface area contributed by atoms with E-state index in [1.54, 1.807) is 6.20 Å². The molecule has 3 aromatic rings. The number of hydrogen-bond donors (Lipinski definition) is 1. The van der Waals surface area contributed by atoms with E-state index >= 15 is 0 Å². The molecule has 6 heteroatoms. The summed E-state index contributed by atoms with van der Waals surface area (Å²) in [6, 6.07) is 5.90. The summed E-state index contributed by atoms with van der Waals surface area (Å²) in [5.41, 5.74) is 2.78. The standard InChI is InChI=1S/C12H14N6/c1-3-17-8-10(7-13-17)14-12-15-11-6-4-5-9(2)18(11)16-12/h4-8H,3H2,1-2H3,(H,14,16). The summed E-state index contributed by atoms with van der Waals surface area (Å²) in [6.45, 7) is 4.89. The Morgan fingerprint density at radius 3 is 2.94 bits per heavy atom. The first-order valence-electron chi connectivity index (χ1n) is 5.88. The van der Waals surface area contributed by atoms with Crippen molar-refractivity contribution in [2.75, 3.05) is 5.32 Å². The van der Waals surface area contributed by atoms with Crippen molar-refractivity contribution in [1.29, 1.82) is 0 Å². The second-order valence-corrected chi connectivity index (χ2v) is 4.08. The van der Waals surface area contributed by atoms with Gasteiger partial charge in [0.1, 0.15) is 0 Å². The molecule has 0 spiro atoms. The molecular formula is C12H14N6. The lowest BCUT2D eigenvalue weighted by Crippen LogP contribution is -1.95. The second-order valence-electron chi connectivity index (χ2n) is 4.08. The van der Waals surface area contributed by atoms with Gasteiger partial charge in [-0.05, 0) is 26.0 Å². The van der Waals surface area contributed by atoms with Crippen molar-refractivity contribution in [3.05, 3.63) is 36.3 Å². The first-order valence-corrected chi connectivity index (χ1v) is 5.88. The zero-order valence-electron chi connectivity index (χ0n) is 10.3. The maximum absolute atomic E-state index is 4.41. The van der Waals surface area contributed by atoms with Gasteiger partial charge in [0, 0.05) is 18.4 Å². The molecular weight excluding hydrogens is 228 g/mol. The molecule has 6 nitrogen and oxygen atoms in total. The third-order valence-corrected chi connectivity index (χ3v) is 2.76. The Balaban J connectivity index is 1.93. The topological polar surface area (TPSA) is 60.0 Å². The molecule has 0 fully saturated rings. The van der Waals surface area contributed by atoms with Gasteiger partial charge in [0.25, 0.3) is 0 Å². The maximum Gasteiger partial charge on any atom is 0.247 e. The molecule has 0 aliphatic heterocycles. The molecule has 0 amide bonds. The molecule has 3 heterocycles. The summed E-state index contributed by atoms with van der Waals surface area (Å²) in [6.07, 6.45) is 3.70. The minimum Gasteiger partial charge on any atom is -0.320 e. The Bertz CT molecular complexity index is 681. The van der Waals surface area contributed by atoms with Crippen LogP contribution in [0.5, 0.6) is 0 Å². The highest BCUT2D eigenvalue weighted by Gasteiger charge is 2.06. The number of hydrogen-bond acceptors (Lipinski definition) is 4. The third kappa shape index (κ3) is 1.81. The predicted octanol–water partition coefficient (Wildman–Crippen LogP) is 2.00. The average molecular weight is 242 g/mol. The molecule has 0 aromatic carbocycles. The fourth-order valence-electron chi connectivity index (χ4n) is 1.82. The summed E-state index contributed by atoms with van der Waals surface area (Å²) < 4.78 is 3.66. The van der Waals surface area contributed by atoms with Gasteiger partial charge >= 0.3 is 0 Å². The monoisotopic (exact) mass is 242 g/mol. The molecule has 0 bridgehead atoms. The number of nitrogens with zero attached hydrogens (tertiary/aromatic N) is 5. The Morgan fingerprint density at radius 2 is 2.22 bits per heavy atom. The number of aromatic nitrogens is 5. The fraction of sp³-hybridized carbons (Fsp3) is 0.250. The van der Waals surface area contributed by atoms with Crippen LogP contribution < -0.4 is 5.32 Å². The minimum absolute atomic E-state index is 0.583. The first kappa shape index (κ1) is 10.8. The minimum atomic E-state index is 0.583. The molecule has 0 aliphatic rings. The van der Waals surface area contributed by atoms with Crippen molar-refractivity contribution in [1.82, 2.24) is 24.4 Å². The summed E-state index contributed by atoms with van der Waals surface area (Å²) in [5.74, 6) is 0.583. The van der Waals surface area contributed by atoms with Crippen LogP contribution in [0.3, 0.4) is 0 Å². The van der Waals surface area contributed by atoms with Gasteiger partial charge in [-0.15, -0.1) is 5.10 Å². The molecule has 0 unspecified atom stereocenters. The van der Waals surface area contributed by atoms with Gasteiger partial charge in [0.2, 0.25) is 5.95 Å². The Kier molecular flexibility index (Phi) is 2.47. The van der Waals surface area contributed by atoms with E-state index in [0.717, 1.165) is 23.6 Å². The number of pyridine rings is 1. The van der Waals surface area contributed by atoms with Gasteiger partial charge < -0.3 is 5.32 Å². The van der Waals surface area contributed by atoms with Crippen LogP contribution in [0.25, 0.3) is 5.65 Å². The van der Waals surface area contributed by atoms with Crippen molar-refractivity contribution in [2.24, 2.45) is 0 Å². The SMILES string of the molecule is CCn1cc(Nc2nc3cccc(C)n3n2)cn1. The highest BCUT2D eigenvalue weighted by Crippen LogP contribution is 2.13. The number of rotatable bonds is 3. The van der Waals surface area contributed by atoms with Crippen molar-refractivity contribution >= 4 is 17.3 Å². The van der Waals surface area contributed by atoms with Crippen LogP contribution in [0.2, 0.25) is 0 Å². The zero-order valence-corrected chi connectivity index (χ0v) is 10.3. The van der Waals surface area contributed by atoms with Gasteiger partial charge in [-0.2, -0.15) is 10.1 Å². The number of nitrogens with one attached hydrogen (secondary N) is 1. The van der Waals surface area contributed by atoms with Crippen LogP contribution in [0.1, 0.15) is 12.6 Å². The Labute approximate surface area is 104 Å². The van der Waals surface area contributed by atoms with E-state index in [4.69, 9.17) is 0 Å². The van der Waals surface area contributed by atoms with Crippen LogP contribution in [0, 0.1) is 6.92 Å². The second kappa shape index (κ2) is 4.14. The summed E-state index contributed by atoms with van der Waals surface area (Å²) in [5, 5.41) is 11.7. The van der Waals surface area contributed by atoms with Crippen LogP contribution in [0.15, 0.2) is 30.6 Å². The predicted molar refractivity (Wildman–Crippen MR) is 68.9 cm³/mol. The van der Waals surface area contributed by atoms with E-state index in [9.17, 15) is 0 Å². The van der Waals surface area contributed by atoms with Gasteiger partial charge in [0.05, 0.1) is 11.9 Å². The van der Waals surface area contributed by atoms with E-state index < -0.39 is 0 Å². The molecule has 0 aliphatic carbocycles. The fourth-order valence-corrected chi connectivity index (χ4v) is 1.82. The first-order chi connectivity index (χ1) is 8.76. The van der Waals surface area contributed by atoms with Crippen molar-refractivity contribution in [3.63, 3.8) is 0 Å². The number of anilines is 2. The largest absolute Gasteiger partial charge is 0.320 e. The quantitative estimate of drug-likeness (QED) is 0.763. The van der Waals surface area contributed by atoms with E-state index in [0.29, 0.717) is 5.95 Å². The van der Waals surface area contributed by atoms with Crippen molar-refractivity contribution < 1.29 is 0 Å². The van der Waals surface area contributed by atoms with Gasteiger partial charge in [-0.25, -0.2) is 4.52 Å². The molecule has 0 saturated heterocycles. The van der Waals surface area contributed by atoms with E-state index in [1.807, 2.05) is 47.4 Å². The zero-order chi connectivity index (χ0) is 12.5. The molecule has 18 heavy (non-hydrogen) atoms. The Morgan fingerprint density at radius 1 is 1.33 bits per heavy atom. The average Bonchev–Trinajstić information content (AvgIpc) is 2.96. The van der Waals surface area contributed by atoms with Crippen molar-refractivity contribution in [2.45, 2.75) is 20.4 Å². The molecule has 0 radical (unpaired) electrons. The lowest BCUT2D eigenvalue weighted by Gasteiger charge is -1.95. The molecule has 92 valence electrons. The number of aryl methyl sites for hydroxylation is 2. The normalized spacial score (nSPS) is 11.0. The van der Waals surface area contributed by atoms with Crippen LogP contribution in [0.4, 0.5) is 11.6 Å². The lowest BCUT2D eigenvalue weighted by molar-refractivity contribution is 0.660. The maximum atomic E-state index is 4.41. The van der Waals surface area contributed by atoms with Crippen LogP contribution in [-0.4, -0.2) is 24.4 Å². The molecule has 0 saturated carbocycles. The summed E-state index contributed by atoms with van der Waals surface area (Å²) in [4.78, 5) is 4.41. The van der Waals surface area contributed by atoms with E-state index in [1.165, 1.54) is 0 Å². The third-order valence-electron chi connectivity index (χ3n) is 2.76. The molecule has 3 rings (SSSR count). The highest BCUT2D eigenvalue weighted by molar-refractivity contribution is 5.54. The highest BCUT2D eigenvalue weighted by atomic mass is 15.4. The van der Waals surface area contributed by atoms with Gasteiger partial charge in [0.15, 0.2) is 5.65 Å².